The summed E-state index contributed by atoms with van der Waals surface area (Å²) in [6, 6.07) is 10.3. The van der Waals surface area contributed by atoms with Crippen LogP contribution < -0.4 is 0 Å². The molecule has 1 amide bonds. The molecule has 2 heterocycles. The highest BCUT2D eigenvalue weighted by Gasteiger charge is 2.46. The van der Waals surface area contributed by atoms with Gasteiger partial charge in [0.1, 0.15) is 5.76 Å². The second-order valence-corrected chi connectivity index (χ2v) is 6.89. The summed E-state index contributed by atoms with van der Waals surface area (Å²) >= 11 is 0. The van der Waals surface area contributed by atoms with Crippen LogP contribution in [0.4, 0.5) is 0 Å². The van der Waals surface area contributed by atoms with E-state index in [9.17, 15) is 14.7 Å². The number of aryl methyl sites for hydroxylation is 1. The standard InChI is InChI=1S/C21H23N3O3/c1-14-6-4-5-7-16(14)18-17(19(25)15-8-10-22-11-9-15)20(26)21(27)24(18)13-12-23(2)3/h4-11,18,25H,12-13H2,1-3H3/b19-17-. The van der Waals surface area contributed by atoms with Crippen LogP contribution in [0.25, 0.3) is 5.76 Å². The lowest BCUT2D eigenvalue weighted by molar-refractivity contribution is -0.140. The number of aliphatic hydroxyl groups excluding tert-OH is 1. The van der Waals surface area contributed by atoms with Gasteiger partial charge in [-0.1, -0.05) is 24.3 Å². The number of carbonyl (C=O) groups is 2. The fraction of sp³-hybridized carbons (Fsp3) is 0.286. The van der Waals surface area contributed by atoms with Crippen molar-refractivity contribution in [1.82, 2.24) is 14.8 Å². The predicted molar refractivity (Wildman–Crippen MR) is 103 cm³/mol. The number of aliphatic hydroxyl groups is 1. The van der Waals surface area contributed by atoms with Crippen molar-refractivity contribution in [3.05, 3.63) is 71.1 Å². The number of Topliss-reactive ketones (excluding diaryl/α,β-unsaturated/α-hetero) is 1. The van der Waals surface area contributed by atoms with Crippen LogP contribution in [0.3, 0.4) is 0 Å². The molecule has 0 spiro atoms. The molecule has 27 heavy (non-hydrogen) atoms. The monoisotopic (exact) mass is 365 g/mol. The lowest BCUT2D eigenvalue weighted by atomic mass is 9.93. The molecular formula is C21H23N3O3. The lowest BCUT2D eigenvalue weighted by Crippen LogP contribution is -2.35. The van der Waals surface area contributed by atoms with Gasteiger partial charge < -0.3 is 14.9 Å². The molecule has 1 unspecified atom stereocenters. The summed E-state index contributed by atoms with van der Waals surface area (Å²) < 4.78 is 0. The van der Waals surface area contributed by atoms with Gasteiger partial charge in [0.15, 0.2) is 0 Å². The van der Waals surface area contributed by atoms with E-state index in [1.807, 2.05) is 50.2 Å². The molecule has 0 saturated carbocycles. The number of hydrogen-bond acceptors (Lipinski definition) is 5. The van der Waals surface area contributed by atoms with Crippen LogP contribution in [0.15, 0.2) is 54.4 Å². The molecular weight excluding hydrogens is 342 g/mol. The van der Waals surface area contributed by atoms with Crippen LogP contribution in [-0.4, -0.2) is 58.8 Å². The zero-order valence-corrected chi connectivity index (χ0v) is 15.7. The predicted octanol–water partition coefficient (Wildman–Crippen LogP) is 2.37. The molecule has 6 heteroatoms. The van der Waals surface area contributed by atoms with E-state index >= 15 is 0 Å². The molecule has 1 fully saturated rings. The molecule has 1 aromatic heterocycles. The highest BCUT2D eigenvalue weighted by atomic mass is 16.3. The number of pyridine rings is 1. The highest BCUT2D eigenvalue weighted by Crippen LogP contribution is 2.40. The molecule has 1 aliphatic heterocycles. The van der Waals surface area contributed by atoms with E-state index in [0.29, 0.717) is 18.7 Å². The Hall–Kier alpha value is -2.99. The number of amides is 1. The Bertz CT molecular complexity index is 891. The van der Waals surface area contributed by atoms with Crippen molar-refractivity contribution in [1.29, 1.82) is 0 Å². The summed E-state index contributed by atoms with van der Waals surface area (Å²) in [6.45, 7) is 2.95. The van der Waals surface area contributed by atoms with E-state index in [-0.39, 0.29) is 11.3 Å². The van der Waals surface area contributed by atoms with Crippen LogP contribution >= 0.6 is 0 Å². The van der Waals surface area contributed by atoms with Gasteiger partial charge in [-0.05, 0) is 44.3 Å². The SMILES string of the molecule is Cc1ccccc1C1/C(=C(/O)c2ccncc2)C(=O)C(=O)N1CCN(C)C. The van der Waals surface area contributed by atoms with Crippen LogP contribution in [0, 0.1) is 6.92 Å². The Labute approximate surface area is 158 Å². The topological polar surface area (TPSA) is 73.7 Å². The third-order valence-electron chi connectivity index (χ3n) is 4.76. The third kappa shape index (κ3) is 3.61. The number of aromatic nitrogens is 1. The summed E-state index contributed by atoms with van der Waals surface area (Å²) in [5.41, 5.74) is 2.39. The van der Waals surface area contributed by atoms with Crippen molar-refractivity contribution in [3.8, 4) is 0 Å². The summed E-state index contributed by atoms with van der Waals surface area (Å²) in [5, 5.41) is 10.9. The number of rotatable bonds is 5. The van der Waals surface area contributed by atoms with Gasteiger partial charge in [-0.3, -0.25) is 14.6 Å². The highest BCUT2D eigenvalue weighted by molar-refractivity contribution is 6.46. The number of ketones is 1. The number of likely N-dealkylation sites (tertiary alicyclic amines) is 1. The van der Waals surface area contributed by atoms with Crippen molar-refractivity contribution in [2.45, 2.75) is 13.0 Å². The Morgan fingerprint density at radius 2 is 1.81 bits per heavy atom. The van der Waals surface area contributed by atoms with Crippen molar-refractivity contribution in [2.24, 2.45) is 0 Å². The van der Waals surface area contributed by atoms with Crippen LogP contribution in [0.5, 0.6) is 0 Å². The molecule has 1 atom stereocenters. The van der Waals surface area contributed by atoms with Gasteiger partial charge in [-0.25, -0.2) is 0 Å². The van der Waals surface area contributed by atoms with Gasteiger partial charge in [0.05, 0.1) is 11.6 Å². The number of benzene rings is 1. The molecule has 0 aliphatic carbocycles. The average Bonchev–Trinajstić information content (AvgIpc) is 2.91. The van der Waals surface area contributed by atoms with Crippen molar-refractivity contribution in [3.63, 3.8) is 0 Å². The molecule has 0 radical (unpaired) electrons. The van der Waals surface area contributed by atoms with Gasteiger partial charge in [0.2, 0.25) is 0 Å². The van der Waals surface area contributed by atoms with Crippen LogP contribution in [-0.2, 0) is 9.59 Å². The Kier molecular flexibility index (Phi) is 5.37. The second-order valence-electron chi connectivity index (χ2n) is 6.89. The van der Waals surface area contributed by atoms with E-state index in [1.54, 1.807) is 29.4 Å². The lowest BCUT2D eigenvalue weighted by Gasteiger charge is -2.27. The quantitative estimate of drug-likeness (QED) is 0.500. The van der Waals surface area contributed by atoms with Gasteiger partial charge in [-0.15, -0.1) is 0 Å². The van der Waals surface area contributed by atoms with Crippen LogP contribution in [0.1, 0.15) is 22.7 Å². The average molecular weight is 365 g/mol. The molecule has 1 aromatic carbocycles. The first kappa shape index (κ1) is 18.8. The van der Waals surface area contributed by atoms with Crippen molar-refractivity contribution < 1.29 is 14.7 Å². The zero-order valence-electron chi connectivity index (χ0n) is 15.7. The Balaban J connectivity index is 2.17. The normalized spacial score (nSPS) is 19.1. The van der Waals surface area contributed by atoms with Gasteiger partial charge >= 0.3 is 0 Å². The summed E-state index contributed by atoms with van der Waals surface area (Å²) in [7, 11) is 3.83. The maximum absolute atomic E-state index is 12.8. The fourth-order valence-electron chi connectivity index (χ4n) is 3.30. The second kappa shape index (κ2) is 7.72. The summed E-state index contributed by atoms with van der Waals surface area (Å²) in [4.78, 5) is 33.0. The van der Waals surface area contributed by atoms with E-state index in [0.717, 1.165) is 11.1 Å². The molecule has 3 rings (SSSR count). The van der Waals surface area contributed by atoms with Crippen molar-refractivity contribution in [2.75, 3.05) is 27.2 Å². The van der Waals surface area contributed by atoms with E-state index < -0.39 is 17.7 Å². The molecule has 2 aromatic rings. The first-order valence-electron chi connectivity index (χ1n) is 8.81. The summed E-state index contributed by atoms with van der Waals surface area (Å²) in [5.74, 6) is -1.41. The van der Waals surface area contributed by atoms with Gasteiger partial charge in [-0.2, -0.15) is 0 Å². The smallest absolute Gasteiger partial charge is 0.295 e. The van der Waals surface area contributed by atoms with E-state index in [4.69, 9.17) is 0 Å². The number of nitrogens with zero attached hydrogens (tertiary/aromatic N) is 3. The first-order chi connectivity index (χ1) is 12.9. The van der Waals surface area contributed by atoms with E-state index in [1.165, 1.54) is 0 Å². The third-order valence-corrected chi connectivity index (χ3v) is 4.76. The van der Waals surface area contributed by atoms with Gasteiger partial charge in [0.25, 0.3) is 11.7 Å². The molecule has 140 valence electrons. The number of carbonyl (C=O) groups excluding carboxylic acids is 2. The minimum absolute atomic E-state index is 0.124. The Morgan fingerprint density at radius 3 is 2.44 bits per heavy atom. The van der Waals surface area contributed by atoms with Gasteiger partial charge in [0, 0.05) is 31.0 Å². The molecule has 6 nitrogen and oxygen atoms in total. The molecule has 1 aliphatic rings. The molecule has 1 N–H and O–H groups in total. The number of hydrogen-bond donors (Lipinski definition) is 1. The maximum Gasteiger partial charge on any atom is 0.295 e. The maximum atomic E-state index is 12.8. The Morgan fingerprint density at radius 1 is 1.15 bits per heavy atom. The minimum atomic E-state index is -0.656. The number of likely N-dealkylation sites (N-methyl/N-ethyl adjacent to an activating group) is 1. The summed E-state index contributed by atoms with van der Waals surface area (Å²) in [6.07, 6.45) is 3.08. The van der Waals surface area contributed by atoms with E-state index in [2.05, 4.69) is 4.98 Å². The fourth-order valence-corrected chi connectivity index (χ4v) is 3.30. The van der Waals surface area contributed by atoms with Crippen LogP contribution in [0.2, 0.25) is 0 Å². The minimum Gasteiger partial charge on any atom is -0.507 e. The zero-order chi connectivity index (χ0) is 19.6. The largest absolute Gasteiger partial charge is 0.507 e. The van der Waals surface area contributed by atoms with Crippen molar-refractivity contribution >= 4 is 17.4 Å². The first-order valence-corrected chi connectivity index (χ1v) is 8.81. The molecule has 0 bridgehead atoms. The molecule has 1 saturated heterocycles.